The summed E-state index contributed by atoms with van der Waals surface area (Å²) in [5, 5.41) is 31.6. The molecule has 1 rings (SSSR count). The topological polar surface area (TPSA) is 128 Å². The number of nitro groups is 1. The minimum Gasteiger partial charge on any atom is -0.502 e. The van der Waals surface area contributed by atoms with Crippen molar-refractivity contribution in [2.24, 2.45) is 0 Å². The van der Waals surface area contributed by atoms with Crippen molar-refractivity contribution in [2.45, 2.75) is 13.5 Å². The Morgan fingerprint density at radius 3 is 2.71 bits per heavy atom. The maximum Gasteiger partial charge on any atom is 0.375 e. The lowest BCUT2D eigenvalue weighted by molar-refractivity contribution is -0.387. The van der Waals surface area contributed by atoms with Gasteiger partial charge >= 0.3 is 11.2 Å². The molecule has 0 amide bonds. The highest BCUT2D eigenvalue weighted by Gasteiger charge is 2.23. The number of rotatable bonds is 5. The van der Waals surface area contributed by atoms with E-state index in [1.54, 1.807) is 0 Å². The predicted octanol–water partition coefficient (Wildman–Crippen LogP) is -0.621. The Balaban J connectivity index is 3.17. The van der Waals surface area contributed by atoms with Crippen molar-refractivity contribution in [3.63, 3.8) is 0 Å². The molecular formula is C9H13N3O5. The largest absolute Gasteiger partial charge is 0.502 e. The molecule has 0 spiro atoms. The van der Waals surface area contributed by atoms with Gasteiger partial charge in [0.2, 0.25) is 5.75 Å². The standard InChI is InChI=1S/C9H13N3O5/c1-5-6(4-10-2-3-13)8(14)7(12(16)17)9(15)11-5/h10,13H,2-4H2,1H3,(H2,11,14,15). The third-order valence-corrected chi connectivity index (χ3v) is 2.25. The minimum atomic E-state index is -0.934. The van der Waals surface area contributed by atoms with Gasteiger partial charge in [0.1, 0.15) is 0 Å². The molecule has 94 valence electrons. The second-order valence-electron chi connectivity index (χ2n) is 3.41. The van der Waals surface area contributed by atoms with Crippen LogP contribution in [-0.4, -0.2) is 33.3 Å². The molecule has 0 unspecified atom stereocenters. The lowest BCUT2D eigenvalue weighted by atomic mass is 10.1. The third kappa shape index (κ3) is 2.80. The molecule has 4 N–H and O–H groups in total. The molecule has 1 aromatic heterocycles. The van der Waals surface area contributed by atoms with Gasteiger partial charge in [0.25, 0.3) is 0 Å². The zero-order valence-corrected chi connectivity index (χ0v) is 9.19. The van der Waals surface area contributed by atoms with E-state index in [9.17, 15) is 20.0 Å². The first-order valence-electron chi connectivity index (χ1n) is 4.89. The summed E-state index contributed by atoms with van der Waals surface area (Å²) in [6.07, 6.45) is 0. The van der Waals surface area contributed by atoms with Gasteiger partial charge in [0.15, 0.2) is 0 Å². The smallest absolute Gasteiger partial charge is 0.375 e. The first kappa shape index (κ1) is 13.1. The van der Waals surface area contributed by atoms with Crippen LogP contribution in [0.2, 0.25) is 0 Å². The number of pyridine rings is 1. The molecule has 0 atom stereocenters. The Bertz CT molecular complexity index is 482. The second kappa shape index (κ2) is 5.41. The van der Waals surface area contributed by atoms with Crippen molar-refractivity contribution in [3.8, 4) is 5.75 Å². The summed E-state index contributed by atoms with van der Waals surface area (Å²) in [5.41, 5.74) is -1.21. The van der Waals surface area contributed by atoms with E-state index in [0.29, 0.717) is 5.69 Å². The summed E-state index contributed by atoms with van der Waals surface area (Å²) in [6, 6.07) is 0. The number of aromatic amines is 1. The van der Waals surface area contributed by atoms with E-state index in [2.05, 4.69) is 10.3 Å². The number of aryl methyl sites for hydroxylation is 1. The molecule has 1 aromatic rings. The van der Waals surface area contributed by atoms with E-state index in [1.165, 1.54) is 6.92 Å². The summed E-state index contributed by atoms with van der Waals surface area (Å²) in [6.45, 7) is 1.84. The predicted molar refractivity (Wildman–Crippen MR) is 58.9 cm³/mol. The number of aromatic nitrogens is 1. The zero-order valence-electron chi connectivity index (χ0n) is 9.19. The second-order valence-corrected chi connectivity index (χ2v) is 3.41. The van der Waals surface area contributed by atoms with Gasteiger partial charge in [-0.3, -0.25) is 14.9 Å². The molecule has 0 saturated carbocycles. The molecule has 0 radical (unpaired) electrons. The van der Waals surface area contributed by atoms with Crippen molar-refractivity contribution in [2.75, 3.05) is 13.2 Å². The molecule has 8 heteroatoms. The molecular weight excluding hydrogens is 230 g/mol. The molecule has 0 fully saturated rings. The average molecular weight is 243 g/mol. The fourth-order valence-corrected chi connectivity index (χ4v) is 1.41. The molecule has 0 aromatic carbocycles. The number of aliphatic hydroxyl groups is 1. The highest BCUT2D eigenvalue weighted by Crippen LogP contribution is 2.26. The Morgan fingerprint density at radius 2 is 2.18 bits per heavy atom. The number of nitrogens with zero attached hydrogens (tertiary/aromatic N) is 1. The van der Waals surface area contributed by atoms with Crippen molar-refractivity contribution in [1.29, 1.82) is 0 Å². The van der Waals surface area contributed by atoms with E-state index in [1.807, 2.05) is 0 Å². The quantitative estimate of drug-likeness (QED) is 0.310. The van der Waals surface area contributed by atoms with Gasteiger partial charge in [0, 0.05) is 24.3 Å². The van der Waals surface area contributed by atoms with Crippen LogP contribution < -0.4 is 10.9 Å². The van der Waals surface area contributed by atoms with Gasteiger partial charge in [-0.25, -0.2) is 0 Å². The van der Waals surface area contributed by atoms with Gasteiger partial charge < -0.3 is 20.5 Å². The van der Waals surface area contributed by atoms with Crippen LogP contribution in [0.25, 0.3) is 0 Å². The Hall–Kier alpha value is -1.93. The van der Waals surface area contributed by atoms with Crippen LogP contribution in [0.15, 0.2) is 4.79 Å². The van der Waals surface area contributed by atoms with Gasteiger partial charge in [0.05, 0.1) is 11.5 Å². The number of nitrogens with one attached hydrogen (secondary N) is 2. The molecule has 8 nitrogen and oxygen atoms in total. The van der Waals surface area contributed by atoms with Crippen LogP contribution in [0, 0.1) is 17.0 Å². The van der Waals surface area contributed by atoms with Gasteiger partial charge in [-0.05, 0) is 6.92 Å². The van der Waals surface area contributed by atoms with E-state index >= 15 is 0 Å². The molecule has 17 heavy (non-hydrogen) atoms. The normalized spacial score (nSPS) is 10.5. The minimum absolute atomic E-state index is 0.0920. The highest BCUT2D eigenvalue weighted by atomic mass is 16.6. The van der Waals surface area contributed by atoms with Crippen LogP contribution in [0.1, 0.15) is 11.3 Å². The number of H-pyrrole nitrogens is 1. The lowest BCUT2D eigenvalue weighted by Crippen LogP contribution is -2.21. The van der Waals surface area contributed by atoms with Crippen LogP contribution in [0.4, 0.5) is 5.69 Å². The molecule has 0 saturated heterocycles. The van der Waals surface area contributed by atoms with E-state index < -0.39 is 21.9 Å². The van der Waals surface area contributed by atoms with Crippen molar-refractivity contribution >= 4 is 5.69 Å². The summed E-state index contributed by atoms with van der Waals surface area (Å²) in [5.74, 6) is -0.637. The van der Waals surface area contributed by atoms with Crippen molar-refractivity contribution in [1.82, 2.24) is 10.3 Å². The summed E-state index contributed by atoms with van der Waals surface area (Å²) in [4.78, 5) is 23.2. The molecule has 0 aliphatic heterocycles. The van der Waals surface area contributed by atoms with Gasteiger partial charge in [-0.2, -0.15) is 0 Å². The summed E-state index contributed by atoms with van der Waals surface area (Å²) < 4.78 is 0. The third-order valence-electron chi connectivity index (χ3n) is 2.25. The fourth-order valence-electron chi connectivity index (χ4n) is 1.41. The van der Waals surface area contributed by atoms with Gasteiger partial charge in [-0.1, -0.05) is 0 Å². The number of aromatic hydroxyl groups is 1. The molecule has 0 aliphatic rings. The SMILES string of the molecule is Cc1[nH]c(=O)c([N+](=O)[O-])c(O)c1CNCCO. The lowest BCUT2D eigenvalue weighted by Gasteiger charge is -2.08. The van der Waals surface area contributed by atoms with Crippen LogP contribution >= 0.6 is 0 Å². The fraction of sp³-hybridized carbons (Fsp3) is 0.444. The molecule has 0 bridgehead atoms. The maximum absolute atomic E-state index is 11.3. The Kier molecular flexibility index (Phi) is 4.18. The number of hydrogen-bond donors (Lipinski definition) is 4. The van der Waals surface area contributed by atoms with E-state index in [0.717, 1.165) is 0 Å². The van der Waals surface area contributed by atoms with E-state index in [-0.39, 0.29) is 25.3 Å². The number of hydrogen-bond acceptors (Lipinski definition) is 6. The van der Waals surface area contributed by atoms with Crippen LogP contribution in [0.5, 0.6) is 5.75 Å². The monoisotopic (exact) mass is 243 g/mol. The highest BCUT2D eigenvalue weighted by molar-refractivity contribution is 5.50. The van der Waals surface area contributed by atoms with Crippen molar-refractivity contribution < 1.29 is 15.1 Å². The van der Waals surface area contributed by atoms with Gasteiger partial charge in [-0.15, -0.1) is 0 Å². The zero-order chi connectivity index (χ0) is 13.0. The average Bonchev–Trinajstić information content (AvgIpc) is 2.21. The van der Waals surface area contributed by atoms with Crippen molar-refractivity contribution in [3.05, 3.63) is 31.7 Å². The number of aliphatic hydroxyl groups excluding tert-OH is 1. The summed E-state index contributed by atoms with van der Waals surface area (Å²) >= 11 is 0. The summed E-state index contributed by atoms with van der Waals surface area (Å²) in [7, 11) is 0. The first-order valence-corrected chi connectivity index (χ1v) is 4.89. The Labute approximate surface area is 96.1 Å². The van der Waals surface area contributed by atoms with Crippen LogP contribution in [0.3, 0.4) is 0 Å². The first-order chi connectivity index (χ1) is 7.99. The molecule has 1 heterocycles. The van der Waals surface area contributed by atoms with Crippen LogP contribution in [-0.2, 0) is 6.54 Å². The maximum atomic E-state index is 11.3. The Morgan fingerprint density at radius 1 is 1.53 bits per heavy atom. The van der Waals surface area contributed by atoms with E-state index in [4.69, 9.17) is 5.11 Å². The molecule has 0 aliphatic carbocycles.